The van der Waals surface area contributed by atoms with Gasteiger partial charge in [0.25, 0.3) is 0 Å². The van der Waals surface area contributed by atoms with Crippen molar-refractivity contribution >= 4 is 21.6 Å². The van der Waals surface area contributed by atoms with Gasteiger partial charge in [0.15, 0.2) is 5.82 Å². The van der Waals surface area contributed by atoms with Crippen LogP contribution in [-0.4, -0.2) is 47.3 Å². The van der Waals surface area contributed by atoms with E-state index in [1.807, 2.05) is 13.8 Å². The summed E-state index contributed by atoms with van der Waals surface area (Å²) in [6.07, 6.45) is 2.84. The molecule has 0 fully saturated rings. The van der Waals surface area contributed by atoms with Crippen LogP contribution < -0.4 is 5.32 Å². The largest absolute Gasteiger partial charge is 0.508 e. The van der Waals surface area contributed by atoms with Gasteiger partial charge in [0.05, 0.1) is 29.5 Å². The quantitative estimate of drug-likeness (QED) is 0.627. The van der Waals surface area contributed by atoms with Crippen LogP contribution in [0.5, 0.6) is 5.75 Å². The van der Waals surface area contributed by atoms with Crippen molar-refractivity contribution in [2.45, 2.75) is 18.7 Å². The Morgan fingerprint density at radius 1 is 1.07 bits per heavy atom. The number of carbonyl (C=O) groups is 1. The van der Waals surface area contributed by atoms with E-state index in [1.165, 1.54) is 31.6 Å². The molecular formula is C21H22N4O4S. The molecule has 1 amide bonds. The molecule has 8 nitrogen and oxygen atoms in total. The lowest BCUT2D eigenvalue weighted by Gasteiger charge is -2.17. The van der Waals surface area contributed by atoms with E-state index in [0.29, 0.717) is 17.1 Å². The highest BCUT2D eigenvalue weighted by molar-refractivity contribution is 7.89. The topological polar surface area (TPSA) is 112 Å². The first kappa shape index (κ1) is 21.4. The summed E-state index contributed by atoms with van der Waals surface area (Å²) < 4.78 is 26.4. The van der Waals surface area contributed by atoms with E-state index in [1.54, 1.807) is 30.3 Å². The van der Waals surface area contributed by atoms with Crippen LogP contribution in [0.1, 0.15) is 11.1 Å². The van der Waals surface area contributed by atoms with Crippen molar-refractivity contribution in [1.29, 1.82) is 0 Å². The zero-order valence-corrected chi connectivity index (χ0v) is 17.6. The lowest BCUT2D eigenvalue weighted by Crippen LogP contribution is -2.35. The molecule has 0 aliphatic rings. The van der Waals surface area contributed by atoms with Gasteiger partial charge in [-0.2, -0.15) is 4.31 Å². The van der Waals surface area contributed by atoms with Crippen LogP contribution in [0.15, 0.2) is 59.8 Å². The molecule has 0 bridgehead atoms. The van der Waals surface area contributed by atoms with Gasteiger partial charge in [-0.05, 0) is 49.2 Å². The van der Waals surface area contributed by atoms with E-state index >= 15 is 0 Å². The van der Waals surface area contributed by atoms with Crippen LogP contribution in [0.2, 0.25) is 0 Å². The molecular weight excluding hydrogens is 404 g/mol. The lowest BCUT2D eigenvalue weighted by molar-refractivity contribution is -0.116. The SMILES string of the molecule is Cc1ccc(S(=O)(=O)N(C)CC(=O)Nc2cnc(-c3cccc(O)c3)nc2)cc1C. The van der Waals surface area contributed by atoms with Gasteiger partial charge in [-0.3, -0.25) is 4.79 Å². The number of amides is 1. The Bertz CT molecular complexity index is 1180. The molecule has 3 rings (SSSR count). The van der Waals surface area contributed by atoms with Gasteiger partial charge in [-0.25, -0.2) is 18.4 Å². The Morgan fingerprint density at radius 2 is 1.77 bits per heavy atom. The number of benzene rings is 2. The van der Waals surface area contributed by atoms with E-state index < -0.39 is 15.9 Å². The summed E-state index contributed by atoms with van der Waals surface area (Å²) in [6, 6.07) is 11.4. The zero-order chi connectivity index (χ0) is 21.9. The Balaban J connectivity index is 1.66. The predicted octanol–water partition coefficient (Wildman–Crippen LogP) is 2.73. The normalized spacial score (nSPS) is 11.5. The summed E-state index contributed by atoms with van der Waals surface area (Å²) >= 11 is 0. The minimum atomic E-state index is -3.79. The molecule has 2 aromatic carbocycles. The first-order chi connectivity index (χ1) is 14.2. The molecule has 1 heterocycles. The van der Waals surface area contributed by atoms with E-state index in [0.717, 1.165) is 15.4 Å². The minimum absolute atomic E-state index is 0.0986. The fraction of sp³-hybridized carbons (Fsp3) is 0.190. The molecule has 0 aliphatic carbocycles. The highest BCUT2D eigenvalue weighted by Gasteiger charge is 2.23. The van der Waals surface area contributed by atoms with Crippen molar-refractivity contribution in [3.05, 3.63) is 66.0 Å². The number of aromatic nitrogens is 2. The number of hydrogen-bond acceptors (Lipinski definition) is 6. The van der Waals surface area contributed by atoms with Crippen molar-refractivity contribution in [3.8, 4) is 17.1 Å². The molecule has 0 atom stereocenters. The van der Waals surface area contributed by atoms with Gasteiger partial charge in [0, 0.05) is 12.6 Å². The van der Waals surface area contributed by atoms with E-state index in [9.17, 15) is 18.3 Å². The third-order valence-corrected chi connectivity index (χ3v) is 6.39. The van der Waals surface area contributed by atoms with Gasteiger partial charge in [0.2, 0.25) is 15.9 Å². The second kappa shape index (κ2) is 8.60. The fourth-order valence-electron chi connectivity index (χ4n) is 2.73. The number of rotatable bonds is 6. The van der Waals surface area contributed by atoms with Crippen molar-refractivity contribution < 1.29 is 18.3 Å². The fourth-order valence-corrected chi connectivity index (χ4v) is 3.94. The highest BCUT2D eigenvalue weighted by atomic mass is 32.2. The number of hydrogen-bond donors (Lipinski definition) is 2. The third kappa shape index (κ3) is 4.81. The first-order valence-corrected chi connectivity index (χ1v) is 10.6. The molecule has 0 radical (unpaired) electrons. The molecule has 30 heavy (non-hydrogen) atoms. The summed E-state index contributed by atoms with van der Waals surface area (Å²) in [5.41, 5.74) is 2.81. The second-order valence-electron chi connectivity index (χ2n) is 6.90. The molecule has 0 saturated carbocycles. The molecule has 0 unspecified atom stereocenters. The zero-order valence-electron chi connectivity index (χ0n) is 16.8. The van der Waals surface area contributed by atoms with Gasteiger partial charge >= 0.3 is 0 Å². The van der Waals surface area contributed by atoms with Crippen molar-refractivity contribution in [1.82, 2.24) is 14.3 Å². The Hall–Kier alpha value is -3.30. The third-order valence-electron chi connectivity index (χ3n) is 4.59. The van der Waals surface area contributed by atoms with Crippen LogP contribution in [0.4, 0.5) is 5.69 Å². The second-order valence-corrected chi connectivity index (χ2v) is 8.95. The Morgan fingerprint density at radius 3 is 2.40 bits per heavy atom. The maximum Gasteiger partial charge on any atom is 0.243 e. The maximum absolute atomic E-state index is 12.7. The molecule has 0 spiro atoms. The minimum Gasteiger partial charge on any atom is -0.508 e. The number of nitrogens with one attached hydrogen (secondary N) is 1. The maximum atomic E-state index is 12.7. The standard InChI is InChI=1S/C21H22N4O4S/c1-14-7-8-19(9-15(14)2)30(28,29)25(3)13-20(27)24-17-11-22-21(23-12-17)16-5-4-6-18(26)10-16/h4-12,26H,13H2,1-3H3,(H,24,27). The molecule has 9 heteroatoms. The van der Waals surface area contributed by atoms with Crippen molar-refractivity contribution in [2.75, 3.05) is 18.9 Å². The van der Waals surface area contributed by atoms with Gasteiger partial charge in [0.1, 0.15) is 5.75 Å². The molecule has 156 valence electrons. The Kier molecular flexibility index (Phi) is 6.14. The first-order valence-electron chi connectivity index (χ1n) is 9.12. The van der Waals surface area contributed by atoms with Crippen molar-refractivity contribution in [2.24, 2.45) is 0 Å². The molecule has 3 aromatic rings. The summed E-state index contributed by atoms with van der Waals surface area (Å²) in [5, 5.41) is 12.1. The molecule has 2 N–H and O–H groups in total. The molecule has 1 aromatic heterocycles. The number of phenolic OH excluding ortho intramolecular Hbond substituents is 1. The smallest absolute Gasteiger partial charge is 0.243 e. The van der Waals surface area contributed by atoms with Gasteiger partial charge in [-0.1, -0.05) is 18.2 Å². The monoisotopic (exact) mass is 426 g/mol. The average Bonchev–Trinajstić information content (AvgIpc) is 2.70. The van der Waals surface area contributed by atoms with Gasteiger partial charge in [-0.15, -0.1) is 0 Å². The van der Waals surface area contributed by atoms with Crippen LogP contribution in [0, 0.1) is 13.8 Å². The summed E-state index contributed by atoms with van der Waals surface area (Å²) in [7, 11) is -2.44. The Labute approximate surface area is 175 Å². The number of phenols is 1. The number of carbonyl (C=O) groups excluding carboxylic acids is 1. The van der Waals surface area contributed by atoms with Crippen LogP contribution >= 0.6 is 0 Å². The molecule has 0 saturated heterocycles. The summed E-state index contributed by atoms with van der Waals surface area (Å²) in [6.45, 7) is 3.38. The number of aryl methyl sites for hydroxylation is 2. The average molecular weight is 426 g/mol. The molecule has 0 aliphatic heterocycles. The van der Waals surface area contributed by atoms with E-state index in [2.05, 4.69) is 15.3 Å². The highest BCUT2D eigenvalue weighted by Crippen LogP contribution is 2.21. The van der Waals surface area contributed by atoms with E-state index in [-0.39, 0.29) is 17.2 Å². The number of nitrogens with zero attached hydrogens (tertiary/aromatic N) is 3. The summed E-state index contributed by atoms with van der Waals surface area (Å²) in [4.78, 5) is 20.8. The van der Waals surface area contributed by atoms with Crippen LogP contribution in [0.3, 0.4) is 0 Å². The number of aromatic hydroxyl groups is 1. The van der Waals surface area contributed by atoms with Gasteiger partial charge < -0.3 is 10.4 Å². The lowest BCUT2D eigenvalue weighted by atomic mass is 10.1. The van der Waals surface area contributed by atoms with Crippen LogP contribution in [0.25, 0.3) is 11.4 Å². The van der Waals surface area contributed by atoms with E-state index in [4.69, 9.17) is 0 Å². The number of anilines is 1. The summed E-state index contributed by atoms with van der Waals surface area (Å²) in [5.74, 6) is -0.0292. The predicted molar refractivity (Wildman–Crippen MR) is 113 cm³/mol. The van der Waals surface area contributed by atoms with Crippen LogP contribution in [-0.2, 0) is 14.8 Å². The number of likely N-dealkylation sites (N-methyl/N-ethyl adjacent to an activating group) is 1. The van der Waals surface area contributed by atoms with Crippen molar-refractivity contribution in [3.63, 3.8) is 0 Å². The number of sulfonamides is 1.